The predicted octanol–water partition coefficient (Wildman–Crippen LogP) is 2.24. The Morgan fingerprint density at radius 3 is 2.26 bits per heavy atom. The second-order valence-corrected chi connectivity index (χ2v) is 5.14. The molecule has 1 heterocycles. The van der Waals surface area contributed by atoms with Gasteiger partial charge in [-0.05, 0) is 29.7 Å². The van der Waals surface area contributed by atoms with Gasteiger partial charge in [-0.15, -0.1) is 0 Å². The number of amides is 1. The molecule has 4 nitrogen and oxygen atoms in total. The van der Waals surface area contributed by atoms with Gasteiger partial charge in [-0.2, -0.15) is 0 Å². The van der Waals surface area contributed by atoms with Crippen LogP contribution in [-0.4, -0.2) is 31.6 Å². The van der Waals surface area contributed by atoms with E-state index in [2.05, 4.69) is 0 Å². The van der Waals surface area contributed by atoms with Crippen LogP contribution in [0, 0.1) is 5.92 Å². The summed E-state index contributed by atoms with van der Waals surface area (Å²) in [6.45, 7) is 5.31. The molecule has 0 saturated carbocycles. The summed E-state index contributed by atoms with van der Waals surface area (Å²) in [6, 6.07) is 4.00. The smallest absolute Gasteiger partial charge is 0.225 e. The highest BCUT2D eigenvalue weighted by molar-refractivity contribution is 5.78. The van der Waals surface area contributed by atoms with E-state index in [1.807, 2.05) is 30.9 Å². The first-order valence-electron chi connectivity index (χ1n) is 6.59. The van der Waals surface area contributed by atoms with E-state index in [9.17, 15) is 4.79 Å². The van der Waals surface area contributed by atoms with Gasteiger partial charge >= 0.3 is 0 Å². The third-order valence-electron chi connectivity index (χ3n) is 3.52. The zero-order valence-corrected chi connectivity index (χ0v) is 12.0. The number of hydrogen-bond donors (Lipinski definition) is 0. The maximum absolute atomic E-state index is 12.1. The fraction of sp³-hybridized carbons (Fsp3) is 0.533. The minimum absolute atomic E-state index is 0.0432. The SMILES string of the molecule is COc1cc2c(cc1OC)CN(C(=O)C(C)C)CC2. The van der Waals surface area contributed by atoms with Gasteiger partial charge in [0, 0.05) is 19.0 Å². The standard InChI is InChI=1S/C15H21NO3/c1-10(2)15(17)16-6-5-11-7-13(18-3)14(19-4)8-12(11)9-16/h7-8,10H,5-6,9H2,1-4H3. The second-order valence-electron chi connectivity index (χ2n) is 5.14. The van der Waals surface area contributed by atoms with Crippen LogP contribution in [0.15, 0.2) is 12.1 Å². The van der Waals surface area contributed by atoms with Crippen LogP contribution in [0.1, 0.15) is 25.0 Å². The largest absolute Gasteiger partial charge is 0.493 e. The number of rotatable bonds is 3. The summed E-state index contributed by atoms with van der Waals surface area (Å²) in [5.41, 5.74) is 2.39. The number of hydrogen-bond acceptors (Lipinski definition) is 3. The summed E-state index contributed by atoms with van der Waals surface area (Å²) in [4.78, 5) is 14.0. The van der Waals surface area contributed by atoms with Crippen molar-refractivity contribution in [3.05, 3.63) is 23.3 Å². The van der Waals surface area contributed by atoms with E-state index >= 15 is 0 Å². The minimum Gasteiger partial charge on any atom is -0.493 e. The van der Waals surface area contributed by atoms with Gasteiger partial charge in [0.05, 0.1) is 14.2 Å². The molecule has 0 bridgehead atoms. The molecule has 2 rings (SSSR count). The number of ether oxygens (including phenoxy) is 2. The van der Waals surface area contributed by atoms with Gasteiger partial charge < -0.3 is 14.4 Å². The van der Waals surface area contributed by atoms with Gasteiger partial charge in [-0.25, -0.2) is 0 Å². The summed E-state index contributed by atoms with van der Waals surface area (Å²) in [6.07, 6.45) is 0.869. The van der Waals surface area contributed by atoms with Gasteiger partial charge in [0.2, 0.25) is 5.91 Å². The molecule has 0 unspecified atom stereocenters. The van der Waals surface area contributed by atoms with Crippen molar-refractivity contribution < 1.29 is 14.3 Å². The van der Waals surface area contributed by atoms with Crippen LogP contribution in [0.2, 0.25) is 0 Å². The Morgan fingerprint density at radius 1 is 1.16 bits per heavy atom. The first kappa shape index (κ1) is 13.7. The number of carbonyl (C=O) groups excluding carboxylic acids is 1. The highest BCUT2D eigenvalue weighted by atomic mass is 16.5. The summed E-state index contributed by atoms with van der Waals surface area (Å²) in [5, 5.41) is 0. The molecule has 0 N–H and O–H groups in total. The molecule has 19 heavy (non-hydrogen) atoms. The molecule has 4 heteroatoms. The first-order chi connectivity index (χ1) is 9.06. The Hall–Kier alpha value is -1.71. The predicted molar refractivity (Wildman–Crippen MR) is 73.5 cm³/mol. The van der Waals surface area contributed by atoms with Crippen LogP contribution in [0.4, 0.5) is 0 Å². The lowest BCUT2D eigenvalue weighted by Gasteiger charge is -2.30. The molecule has 1 amide bonds. The third-order valence-corrected chi connectivity index (χ3v) is 3.52. The second kappa shape index (κ2) is 5.51. The van der Waals surface area contributed by atoms with Gasteiger partial charge in [0.1, 0.15) is 0 Å². The van der Waals surface area contributed by atoms with Crippen molar-refractivity contribution in [3.63, 3.8) is 0 Å². The van der Waals surface area contributed by atoms with Crippen LogP contribution in [0.25, 0.3) is 0 Å². The Labute approximate surface area is 114 Å². The topological polar surface area (TPSA) is 38.8 Å². The van der Waals surface area contributed by atoms with Crippen LogP contribution in [-0.2, 0) is 17.8 Å². The van der Waals surface area contributed by atoms with Crippen molar-refractivity contribution in [1.82, 2.24) is 4.90 Å². The maximum Gasteiger partial charge on any atom is 0.225 e. The van der Waals surface area contributed by atoms with E-state index in [0.29, 0.717) is 6.54 Å². The molecule has 0 spiro atoms. The maximum atomic E-state index is 12.1. The first-order valence-corrected chi connectivity index (χ1v) is 6.59. The molecule has 1 aromatic rings. The van der Waals surface area contributed by atoms with E-state index in [0.717, 1.165) is 30.0 Å². The van der Waals surface area contributed by atoms with E-state index in [-0.39, 0.29) is 11.8 Å². The van der Waals surface area contributed by atoms with Crippen molar-refractivity contribution >= 4 is 5.91 Å². The molecule has 0 fully saturated rings. The molecule has 0 saturated heterocycles. The highest BCUT2D eigenvalue weighted by Gasteiger charge is 2.24. The number of methoxy groups -OCH3 is 2. The van der Waals surface area contributed by atoms with Gasteiger partial charge in [-0.1, -0.05) is 13.8 Å². The average molecular weight is 263 g/mol. The zero-order valence-electron chi connectivity index (χ0n) is 12.0. The van der Waals surface area contributed by atoms with Crippen LogP contribution in [0.3, 0.4) is 0 Å². The quantitative estimate of drug-likeness (QED) is 0.839. The molecule has 1 aromatic carbocycles. The van der Waals surface area contributed by atoms with Gasteiger partial charge in [0.15, 0.2) is 11.5 Å². The van der Waals surface area contributed by atoms with E-state index in [1.165, 1.54) is 5.56 Å². The summed E-state index contributed by atoms with van der Waals surface area (Å²) in [5.74, 6) is 1.73. The average Bonchev–Trinajstić information content (AvgIpc) is 2.44. The normalized spacial score (nSPS) is 14.3. The molecule has 104 valence electrons. The number of nitrogens with zero attached hydrogens (tertiary/aromatic N) is 1. The lowest BCUT2D eigenvalue weighted by Crippen LogP contribution is -2.38. The fourth-order valence-corrected chi connectivity index (χ4v) is 2.44. The van der Waals surface area contributed by atoms with Crippen LogP contribution in [0.5, 0.6) is 11.5 Å². The Balaban J connectivity index is 2.27. The zero-order chi connectivity index (χ0) is 14.0. The Kier molecular flexibility index (Phi) is 3.98. The molecule has 1 aliphatic heterocycles. The monoisotopic (exact) mass is 263 g/mol. The third kappa shape index (κ3) is 2.67. The highest BCUT2D eigenvalue weighted by Crippen LogP contribution is 2.33. The molecule has 0 aliphatic carbocycles. The van der Waals surface area contributed by atoms with Crippen molar-refractivity contribution in [3.8, 4) is 11.5 Å². The molecule has 1 aliphatic rings. The van der Waals surface area contributed by atoms with Crippen molar-refractivity contribution in [1.29, 1.82) is 0 Å². The summed E-state index contributed by atoms with van der Waals surface area (Å²) >= 11 is 0. The molecule has 0 atom stereocenters. The Bertz CT molecular complexity index is 483. The molecule has 0 aromatic heterocycles. The van der Waals surface area contributed by atoms with Crippen LogP contribution >= 0.6 is 0 Å². The number of fused-ring (bicyclic) bond motifs is 1. The number of carbonyl (C=O) groups is 1. The lowest BCUT2D eigenvalue weighted by molar-refractivity contribution is -0.135. The van der Waals surface area contributed by atoms with Crippen molar-refractivity contribution in [2.45, 2.75) is 26.8 Å². The lowest BCUT2D eigenvalue weighted by atomic mass is 9.98. The van der Waals surface area contributed by atoms with Crippen molar-refractivity contribution in [2.24, 2.45) is 5.92 Å². The van der Waals surface area contributed by atoms with E-state index < -0.39 is 0 Å². The molecular formula is C15H21NO3. The van der Waals surface area contributed by atoms with E-state index in [1.54, 1.807) is 14.2 Å². The Morgan fingerprint density at radius 2 is 1.74 bits per heavy atom. The molecular weight excluding hydrogens is 242 g/mol. The summed E-state index contributed by atoms with van der Waals surface area (Å²) in [7, 11) is 3.27. The van der Waals surface area contributed by atoms with Crippen LogP contribution < -0.4 is 9.47 Å². The minimum atomic E-state index is 0.0432. The van der Waals surface area contributed by atoms with Gasteiger partial charge in [-0.3, -0.25) is 4.79 Å². The number of benzene rings is 1. The molecule has 0 radical (unpaired) electrons. The fourth-order valence-electron chi connectivity index (χ4n) is 2.44. The summed E-state index contributed by atoms with van der Waals surface area (Å²) < 4.78 is 10.6. The van der Waals surface area contributed by atoms with Gasteiger partial charge in [0.25, 0.3) is 0 Å². The van der Waals surface area contributed by atoms with E-state index in [4.69, 9.17) is 9.47 Å². The van der Waals surface area contributed by atoms with Crippen molar-refractivity contribution in [2.75, 3.05) is 20.8 Å².